The first-order valence-corrected chi connectivity index (χ1v) is 9.47. The van der Waals surface area contributed by atoms with Crippen molar-refractivity contribution in [3.63, 3.8) is 0 Å². The van der Waals surface area contributed by atoms with Crippen LogP contribution in [0.5, 0.6) is 0 Å². The van der Waals surface area contributed by atoms with Crippen LogP contribution in [0, 0.1) is 20.8 Å². The number of fused-ring (bicyclic) bond motifs is 1. The number of hydrogen-bond donors (Lipinski definition) is 0. The van der Waals surface area contributed by atoms with E-state index < -0.39 is 9.84 Å². The Morgan fingerprint density at radius 3 is 2.39 bits per heavy atom. The van der Waals surface area contributed by atoms with E-state index >= 15 is 0 Å². The molecule has 5 nitrogen and oxygen atoms in total. The molecule has 122 valence electrons. The first-order valence-electron chi connectivity index (χ1n) is 7.65. The number of sulfone groups is 1. The molecule has 0 N–H and O–H groups in total. The largest absolute Gasteiger partial charge is 0.337 e. The van der Waals surface area contributed by atoms with E-state index in [4.69, 9.17) is 0 Å². The fourth-order valence-corrected chi connectivity index (χ4v) is 4.27. The molecule has 0 bridgehead atoms. The number of nitrogens with zero attached hydrogens (tertiary/aromatic N) is 2. The van der Waals surface area contributed by atoms with Crippen LogP contribution in [-0.4, -0.2) is 48.8 Å². The number of pyridine rings is 1. The second-order valence-corrected chi connectivity index (χ2v) is 8.54. The molecule has 0 spiro atoms. The molecule has 1 aliphatic heterocycles. The second kappa shape index (κ2) is 5.60. The summed E-state index contributed by atoms with van der Waals surface area (Å²) in [5.41, 5.74) is 4.36. The molecular weight excluding hydrogens is 312 g/mol. The van der Waals surface area contributed by atoms with Gasteiger partial charge in [-0.25, -0.2) is 8.42 Å². The van der Waals surface area contributed by atoms with Crippen molar-refractivity contribution in [3.05, 3.63) is 40.6 Å². The molecule has 1 aliphatic rings. The Labute approximate surface area is 136 Å². The molecule has 1 amide bonds. The maximum absolute atomic E-state index is 12.9. The predicted octanol–water partition coefficient (Wildman–Crippen LogP) is 2.03. The average molecular weight is 332 g/mol. The van der Waals surface area contributed by atoms with Crippen molar-refractivity contribution in [1.82, 2.24) is 9.88 Å². The summed E-state index contributed by atoms with van der Waals surface area (Å²) in [6.07, 6.45) is 0. The molecule has 6 heteroatoms. The summed E-state index contributed by atoms with van der Waals surface area (Å²) < 4.78 is 23.1. The van der Waals surface area contributed by atoms with Crippen molar-refractivity contribution < 1.29 is 13.2 Å². The van der Waals surface area contributed by atoms with Crippen molar-refractivity contribution in [1.29, 1.82) is 0 Å². The summed E-state index contributed by atoms with van der Waals surface area (Å²) in [5, 5.41) is 0.839. The van der Waals surface area contributed by atoms with Crippen LogP contribution in [0.25, 0.3) is 10.9 Å². The minimum absolute atomic E-state index is 0.0405. The van der Waals surface area contributed by atoms with Crippen LogP contribution < -0.4 is 0 Å². The highest BCUT2D eigenvalue weighted by atomic mass is 32.2. The summed E-state index contributed by atoms with van der Waals surface area (Å²) in [4.78, 5) is 19.1. The molecule has 0 radical (unpaired) electrons. The van der Waals surface area contributed by atoms with Crippen molar-refractivity contribution in [2.45, 2.75) is 20.8 Å². The third-order valence-corrected chi connectivity index (χ3v) is 5.85. The lowest BCUT2D eigenvalue weighted by Gasteiger charge is -2.27. The van der Waals surface area contributed by atoms with Gasteiger partial charge in [-0.1, -0.05) is 11.6 Å². The maximum atomic E-state index is 12.9. The summed E-state index contributed by atoms with van der Waals surface area (Å²) in [5.74, 6) is -0.0298. The van der Waals surface area contributed by atoms with Crippen molar-refractivity contribution in [3.8, 4) is 0 Å². The lowest BCUT2D eigenvalue weighted by molar-refractivity contribution is 0.0772. The molecule has 1 aromatic carbocycles. The number of amides is 1. The number of benzene rings is 1. The monoisotopic (exact) mass is 332 g/mol. The van der Waals surface area contributed by atoms with E-state index in [0.29, 0.717) is 5.56 Å². The van der Waals surface area contributed by atoms with Gasteiger partial charge in [0.1, 0.15) is 0 Å². The number of carbonyl (C=O) groups excluding carboxylic acids is 1. The molecule has 0 saturated carbocycles. The molecule has 2 heterocycles. The van der Waals surface area contributed by atoms with Crippen LogP contribution in [0.2, 0.25) is 0 Å². The smallest absolute Gasteiger partial charge is 0.254 e. The number of carbonyl (C=O) groups is 1. The van der Waals surface area contributed by atoms with Crippen molar-refractivity contribution in [2.24, 2.45) is 0 Å². The summed E-state index contributed by atoms with van der Waals surface area (Å²) in [6.45, 7) is 6.37. The van der Waals surface area contributed by atoms with Crippen molar-refractivity contribution in [2.75, 3.05) is 24.6 Å². The van der Waals surface area contributed by atoms with Gasteiger partial charge in [0.05, 0.1) is 22.6 Å². The molecule has 23 heavy (non-hydrogen) atoms. The average Bonchev–Trinajstić information content (AvgIpc) is 2.47. The molecular formula is C17H20N2O3S. The fraction of sp³-hybridized carbons (Fsp3) is 0.412. The Balaban J connectivity index is 2.07. The first kappa shape index (κ1) is 15.9. The van der Waals surface area contributed by atoms with Gasteiger partial charge in [-0.3, -0.25) is 9.78 Å². The quantitative estimate of drug-likeness (QED) is 0.801. The topological polar surface area (TPSA) is 67.3 Å². The predicted molar refractivity (Wildman–Crippen MR) is 90.5 cm³/mol. The standard InChI is InChI=1S/C17H20N2O3S/c1-11-8-12(2)16-14(9-11)15(10-13(3)18-16)17(20)19-4-6-23(21,22)7-5-19/h8-10H,4-7H2,1-3H3. The normalized spacial score (nSPS) is 17.4. The maximum Gasteiger partial charge on any atom is 0.254 e. The third-order valence-electron chi connectivity index (χ3n) is 4.24. The van der Waals surface area contributed by atoms with Gasteiger partial charge in [0.15, 0.2) is 9.84 Å². The third kappa shape index (κ3) is 3.08. The zero-order valence-electron chi connectivity index (χ0n) is 13.6. The van der Waals surface area contributed by atoms with Gasteiger partial charge in [-0.05, 0) is 38.5 Å². The molecule has 1 saturated heterocycles. The SMILES string of the molecule is Cc1cc(C)c2nc(C)cc(C(=O)N3CCS(=O)(=O)CC3)c2c1. The second-order valence-electron chi connectivity index (χ2n) is 6.23. The van der Waals surface area contributed by atoms with Crippen LogP contribution in [0.1, 0.15) is 27.2 Å². The molecule has 1 fully saturated rings. The molecule has 0 aliphatic carbocycles. The van der Waals surface area contributed by atoms with E-state index in [0.717, 1.165) is 27.7 Å². The molecule has 1 aromatic heterocycles. The van der Waals surface area contributed by atoms with Gasteiger partial charge < -0.3 is 4.90 Å². The Hall–Kier alpha value is -1.95. The summed E-state index contributed by atoms with van der Waals surface area (Å²) in [7, 11) is -3.00. The van der Waals surface area contributed by atoms with E-state index in [9.17, 15) is 13.2 Å². The van der Waals surface area contributed by atoms with Gasteiger partial charge >= 0.3 is 0 Å². The van der Waals surface area contributed by atoms with E-state index in [1.54, 1.807) is 11.0 Å². The van der Waals surface area contributed by atoms with Gasteiger partial charge in [0.2, 0.25) is 0 Å². The molecule has 3 rings (SSSR count). The highest BCUT2D eigenvalue weighted by Gasteiger charge is 2.27. The van der Waals surface area contributed by atoms with Crippen LogP contribution in [0.4, 0.5) is 0 Å². The number of aryl methyl sites for hydroxylation is 3. The zero-order valence-corrected chi connectivity index (χ0v) is 14.4. The van der Waals surface area contributed by atoms with Crippen LogP contribution >= 0.6 is 0 Å². The highest BCUT2D eigenvalue weighted by molar-refractivity contribution is 7.91. The van der Waals surface area contributed by atoms with Gasteiger partial charge in [0.25, 0.3) is 5.91 Å². The molecule has 0 atom stereocenters. The molecule has 0 unspecified atom stereocenters. The first-order chi connectivity index (χ1) is 10.8. The van der Waals surface area contributed by atoms with Gasteiger partial charge in [0, 0.05) is 24.2 Å². The Bertz CT molecular complexity index is 890. The van der Waals surface area contributed by atoms with E-state index in [2.05, 4.69) is 11.1 Å². The van der Waals surface area contributed by atoms with Crippen LogP contribution in [0.15, 0.2) is 18.2 Å². The summed E-state index contributed by atoms with van der Waals surface area (Å²) in [6, 6.07) is 5.83. The Morgan fingerprint density at radius 2 is 1.74 bits per heavy atom. The lowest BCUT2D eigenvalue weighted by Crippen LogP contribution is -2.43. The number of hydrogen-bond acceptors (Lipinski definition) is 4. The lowest BCUT2D eigenvalue weighted by atomic mass is 10.0. The number of rotatable bonds is 1. The Kier molecular flexibility index (Phi) is 3.88. The van der Waals surface area contributed by atoms with Crippen molar-refractivity contribution >= 4 is 26.6 Å². The minimum Gasteiger partial charge on any atom is -0.337 e. The fourth-order valence-electron chi connectivity index (χ4n) is 3.07. The Morgan fingerprint density at radius 1 is 1.09 bits per heavy atom. The van der Waals surface area contributed by atoms with E-state index in [1.165, 1.54) is 0 Å². The van der Waals surface area contributed by atoms with Gasteiger partial charge in [-0.2, -0.15) is 0 Å². The zero-order chi connectivity index (χ0) is 16.8. The number of aromatic nitrogens is 1. The van der Waals surface area contributed by atoms with E-state index in [-0.39, 0.29) is 30.5 Å². The highest BCUT2D eigenvalue weighted by Crippen LogP contribution is 2.25. The van der Waals surface area contributed by atoms with Crippen LogP contribution in [-0.2, 0) is 9.84 Å². The van der Waals surface area contributed by atoms with Crippen LogP contribution in [0.3, 0.4) is 0 Å². The van der Waals surface area contributed by atoms with Gasteiger partial charge in [-0.15, -0.1) is 0 Å². The summed E-state index contributed by atoms with van der Waals surface area (Å²) >= 11 is 0. The molecule has 2 aromatic rings. The minimum atomic E-state index is -3.00. The van der Waals surface area contributed by atoms with E-state index in [1.807, 2.05) is 26.8 Å².